The van der Waals surface area contributed by atoms with Crippen LogP contribution in [0, 0.1) is 11.3 Å². The molecule has 0 heterocycles. The fourth-order valence-corrected chi connectivity index (χ4v) is 3.65. The highest BCUT2D eigenvalue weighted by Crippen LogP contribution is 2.31. The topological polar surface area (TPSA) is 42.3 Å². The lowest BCUT2D eigenvalue weighted by molar-refractivity contribution is 0.0984. The number of anilines is 1. The lowest BCUT2D eigenvalue weighted by Crippen LogP contribution is -2.52. The van der Waals surface area contributed by atoms with Crippen LogP contribution in [0.1, 0.15) is 44.1 Å². The lowest BCUT2D eigenvalue weighted by Gasteiger charge is -2.43. The number of hydrogen-bond acceptors (Lipinski definition) is 4. The number of hydrogen-bond donors (Lipinski definition) is 1. The molecule has 1 fully saturated rings. The first-order chi connectivity index (χ1) is 11.6. The molecule has 0 unspecified atom stereocenters. The van der Waals surface area contributed by atoms with Crippen molar-refractivity contribution in [3.8, 4) is 6.07 Å². The van der Waals surface area contributed by atoms with Gasteiger partial charge in [-0.25, -0.2) is 0 Å². The Labute approximate surface area is 147 Å². The van der Waals surface area contributed by atoms with Gasteiger partial charge in [-0.05, 0) is 44.6 Å². The van der Waals surface area contributed by atoms with E-state index >= 15 is 0 Å². The van der Waals surface area contributed by atoms with Crippen molar-refractivity contribution in [3.63, 3.8) is 0 Å². The Morgan fingerprint density at radius 2 is 1.75 bits per heavy atom. The van der Waals surface area contributed by atoms with E-state index in [1.165, 1.54) is 43.4 Å². The van der Waals surface area contributed by atoms with Crippen LogP contribution in [0.5, 0.6) is 0 Å². The normalized spacial score (nSPS) is 16.8. The van der Waals surface area contributed by atoms with Crippen molar-refractivity contribution in [3.05, 3.63) is 29.8 Å². The van der Waals surface area contributed by atoms with Gasteiger partial charge in [-0.2, -0.15) is 5.26 Å². The molecule has 0 amide bonds. The summed E-state index contributed by atoms with van der Waals surface area (Å²) < 4.78 is 0. The maximum Gasteiger partial charge on any atom is 0.0640 e. The highest BCUT2D eigenvalue weighted by molar-refractivity contribution is 5.46. The first-order valence-electron chi connectivity index (χ1n) is 9.12. The molecule has 4 heteroatoms. The standard InChI is InChI=1S/C20H32N4/c1-23(2)20(12-5-4-6-13-20)17-22-16-18-8-10-19(11-9-18)24(3)15-7-14-21/h8-11,22H,4-7,12-13,15-17H2,1-3H3. The van der Waals surface area contributed by atoms with Crippen molar-refractivity contribution >= 4 is 5.69 Å². The van der Waals surface area contributed by atoms with Gasteiger partial charge in [0.05, 0.1) is 12.5 Å². The van der Waals surface area contributed by atoms with Crippen LogP contribution in [0.4, 0.5) is 5.69 Å². The molecule has 1 aromatic rings. The van der Waals surface area contributed by atoms with Gasteiger partial charge in [0.1, 0.15) is 0 Å². The highest BCUT2D eigenvalue weighted by atomic mass is 15.2. The van der Waals surface area contributed by atoms with Gasteiger partial charge >= 0.3 is 0 Å². The summed E-state index contributed by atoms with van der Waals surface area (Å²) >= 11 is 0. The first-order valence-corrected chi connectivity index (χ1v) is 9.12. The zero-order chi connectivity index (χ0) is 17.4. The van der Waals surface area contributed by atoms with E-state index in [2.05, 4.69) is 59.5 Å². The van der Waals surface area contributed by atoms with E-state index in [-0.39, 0.29) is 0 Å². The van der Waals surface area contributed by atoms with E-state index in [1.807, 2.05) is 7.05 Å². The number of likely N-dealkylation sites (N-methyl/N-ethyl adjacent to an activating group) is 1. The molecule has 132 valence electrons. The van der Waals surface area contributed by atoms with Gasteiger partial charge in [-0.15, -0.1) is 0 Å². The van der Waals surface area contributed by atoms with Gasteiger partial charge in [-0.1, -0.05) is 31.4 Å². The summed E-state index contributed by atoms with van der Waals surface area (Å²) in [5, 5.41) is 12.4. The van der Waals surface area contributed by atoms with E-state index in [0.29, 0.717) is 12.0 Å². The van der Waals surface area contributed by atoms with Crippen molar-refractivity contribution in [2.45, 2.75) is 50.6 Å². The summed E-state index contributed by atoms with van der Waals surface area (Å²) in [4.78, 5) is 4.55. The molecular weight excluding hydrogens is 296 g/mol. The molecule has 1 N–H and O–H groups in total. The van der Waals surface area contributed by atoms with Crippen LogP contribution in [0.3, 0.4) is 0 Å². The Kier molecular flexibility index (Phi) is 7.08. The highest BCUT2D eigenvalue weighted by Gasteiger charge is 2.33. The molecule has 0 aliphatic heterocycles. The summed E-state index contributed by atoms with van der Waals surface area (Å²) in [6.45, 7) is 2.75. The summed E-state index contributed by atoms with van der Waals surface area (Å²) in [5.74, 6) is 0. The molecule has 24 heavy (non-hydrogen) atoms. The van der Waals surface area contributed by atoms with Crippen molar-refractivity contribution in [2.75, 3.05) is 39.1 Å². The summed E-state index contributed by atoms with van der Waals surface area (Å²) in [5.41, 5.74) is 2.82. The van der Waals surface area contributed by atoms with Crippen LogP contribution in [0.2, 0.25) is 0 Å². The Morgan fingerprint density at radius 1 is 1.08 bits per heavy atom. The van der Waals surface area contributed by atoms with Crippen LogP contribution in [0.15, 0.2) is 24.3 Å². The van der Waals surface area contributed by atoms with Gasteiger partial charge in [0.15, 0.2) is 0 Å². The van der Waals surface area contributed by atoms with Crippen molar-refractivity contribution in [1.82, 2.24) is 10.2 Å². The van der Waals surface area contributed by atoms with Crippen molar-refractivity contribution < 1.29 is 0 Å². The number of nitriles is 1. The number of nitrogens with one attached hydrogen (secondary N) is 1. The third kappa shape index (κ3) is 4.96. The smallest absolute Gasteiger partial charge is 0.0640 e. The van der Waals surface area contributed by atoms with Gasteiger partial charge in [0.2, 0.25) is 0 Å². The largest absolute Gasteiger partial charge is 0.374 e. The fraction of sp³-hybridized carbons (Fsp3) is 0.650. The van der Waals surface area contributed by atoms with Gasteiger partial charge in [-0.3, -0.25) is 0 Å². The lowest BCUT2D eigenvalue weighted by atomic mass is 9.80. The van der Waals surface area contributed by atoms with E-state index in [9.17, 15) is 0 Å². The Bertz CT molecular complexity index is 524. The average Bonchev–Trinajstić information content (AvgIpc) is 2.61. The number of nitrogens with zero attached hydrogens (tertiary/aromatic N) is 3. The van der Waals surface area contributed by atoms with Crippen LogP contribution in [0.25, 0.3) is 0 Å². The molecule has 0 atom stereocenters. The predicted octanol–water partition coefficient (Wildman–Crippen LogP) is 3.39. The molecule has 1 saturated carbocycles. The van der Waals surface area contributed by atoms with Crippen LogP contribution in [-0.2, 0) is 6.54 Å². The molecule has 4 nitrogen and oxygen atoms in total. The second-order valence-corrected chi connectivity index (χ2v) is 7.28. The molecule has 0 spiro atoms. The minimum absolute atomic E-state index is 0.329. The molecule has 1 aromatic carbocycles. The van der Waals surface area contributed by atoms with Crippen LogP contribution in [-0.4, -0.2) is 44.7 Å². The van der Waals surface area contributed by atoms with E-state index in [1.54, 1.807) is 0 Å². The van der Waals surface area contributed by atoms with E-state index in [4.69, 9.17) is 5.26 Å². The minimum Gasteiger partial charge on any atom is -0.374 e. The summed E-state index contributed by atoms with van der Waals surface area (Å²) in [6, 6.07) is 10.9. The second kappa shape index (κ2) is 9.05. The summed E-state index contributed by atoms with van der Waals surface area (Å²) in [7, 11) is 6.48. The van der Waals surface area contributed by atoms with Crippen molar-refractivity contribution in [1.29, 1.82) is 5.26 Å². The minimum atomic E-state index is 0.329. The maximum absolute atomic E-state index is 8.68. The van der Waals surface area contributed by atoms with Crippen LogP contribution < -0.4 is 10.2 Å². The molecule has 0 radical (unpaired) electrons. The molecule has 0 aromatic heterocycles. The zero-order valence-electron chi connectivity index (χ0n) is 15.5. The monoisotopic (exact) mass is 328 g/mol. The van der Waals surface area contributed by atoms with E-state index in [0.717, 1.165) is 19.6 Å². The van der Waals surface area contributed by atoms with Crippen molar-refractivity contribution in [2.24, 2.45) is 0 Å². The molecular formula is C20H32N4. The zero-order valence-corrected chi connectivity index (χ0v) is 15.5. The third-order valence-electron chi connectivity index (χ3n) is 5.45. The Balaban J connectivity index is 1.84. The first kappa shape index (κ1) is 18.8. The Hall–Kier alpha value is -1.57. The summed E-state index contributed by atoms with van der Waals surface area (Å²) in [6.07, 6.45) is 7.25. The third-order valence-corrected chi connectivity index (χ3v) is 5.45. The molecule has 1 aliphatic carbocycles. The van der Waals surface area contributed by atoms with Gasteiger partial charge < -0.3 is 15.1 Å². The number of benzene rings is 1. The van der Waals surface area contributed by atoms with Crippen LogP contribution >= 0.6 is 0 Å². The van der Waals surface area contributed by atoms with Gasteiger partial charge in [0.25, 0.3) is 0 Å². The molecule has 2 rings (SSSR count). The predicted molar refractivity (Wildman–Crippen MR) is 101 cm³/mol. The fourth-order valence-electron chi connectivity index (χ4n) is 3.65. The van der Waals surface area contributed by atoms with Gasteiger partial charge in [0, 0.05) is 37.9 Å². The molecule has 1 aliphatic rings. The SMILES string of the molecule is CN(CCC#N)c1ccc(CNCC2(N(C)C)CCCCC2)cc1. The molecule has 0 saturated heterocycles. The maximum atomic E-state index is 8.68. The number of rotatable bonds is 8. The quantitative estimate of drug-likeness (QED) is 0.794. The average molecular weight is 329 g/mol. The Morgan fingerprint density at radius 3 is 2.33 bits per heavy atom. The second-order valence-electron chi connectivity index (χ2n) is 7.28. The van der Waals surface area contributed by atoms with E-state index < -0.39 is 0 Å². The molecule has 0 bridgehead atoms.